The van der Waals surface area contributed by atoms with Crippen molar-refractivity contribution < 1.29 is 0 Å². The molecule has 1 unspecified atom stereocenters. The van der Waals surface area contributed by atoms with E-state index in [1.165, 1.54) is 31.6 Å². The van der Waals surface area contributed by atoms with Crippen molar-refractivity contribution in [3.05, 3.63) is 18.5 Å². The first-order valence-corrected chi connectivity index (χ1v) is 5.71. The highest BCUT2D eigenvalue weighted by atomic mass is 15.2. The van der Waals surface area contributed by atoms with E-state index in [2.05, 4.69) is 28.2 Å². The second kappa shape index (κ2) is 4.51. The molecule has 1 atom stereocenters. The van der Waals surface area contributed by atoms with Gasteiger partial charge in [-0.2, -0.15) is 0 Å². The summed E-state index contributed by atoms with van der Waals surface area (Å²) in [6.07, 6.45) is 6.42. The summed E-state index contributed by atoms with van der Waals surface area (Å²) in [5, 5.41) is 3.13. The van der Waals surface area contributed by atoms with Crippen molar-refractivity contribution in [2.75, 3.05) is 30.4 Å². The van der Waals surface area contributed by atoms with Crippen molar-refractivity contribution in [3.8, 4) is 0 Å². The largest absolute Gasteiger partial charge is 0.387 e. The van der Waals surface area contributed by atoms with Crippen molar-refractivity contribution >= 4 is 11.4 Å². The molecule has 15 heavy (non-hydrogen) atoms. The van der Waals surface area contributed by atoms with Crippen LogP contribution in [0.1, 0.15) is 19.8 Å². The summed E-state index contributed by atoms with van der Waals surface area (Å²) >= 11 is 0. The molecule has 1 aliphatic heterocycles. The summed E-state index contributed by atoms with van der Waals surface area (Å²) in [5.41, 5.74) is 2.34. The van der Waals surface area contributed by atoms with Gasteiger partial charge in [0, 0.05) is 20.1 Å². The minimum Gasteiger partial charge on any atom is -0.387 e. The molecule has 1 N–H and O–H groups in total. The molecule has 0 aromatic carbocycles. The van der Waals surface area contributed by atoms with E-state index in [0.717, 1.165) is 11.6 Å². The lowest BCUT2D eigenvalue weighted by Crippen LogP contribution is -2.19. The smallest absolute Gasteiger partial charge is 0.0573 e. The molecule has 82 valence electrons. The zero-order valence-corrected chi connectivity index (χ0v) is 9.53. The van der Waals surface area contributed by atoms with Crippen LogP contribution in [0.25, 0.3) is 0 Å². The monoisotopic (exact) mass is 205 g/mol. The third-order valence-corrected chi connectivity index (χ3v) is 3.24. The van der Waals surface area contributed by atoms with Crippen molar-refractivity contribution in [1.82, 2.24) is 4.98 Å². The zero-order chi connectivity index (χ0) is 10.7. The van der Waals surface area contributed by atoms with Crippen LogP contribution in [0.4, 0.5) is 11.4 Å². The zero-order valence-electron chi connectivity index (χ0n) is 9.53. The summed E-state index contributed by atoms with van der Waals surface area (Å²) in [7, 11) is 1.93. The first kappa shape index (κ1) is 10.3. The van der Waals surface area contributed by atoms with Crippen LogP contribution in [-0.2, 0) is 0 Å². The topological polar surface area (TPSA) is 28.2 Å². The van der Waals surface area contributed by atoms with Gasteiger partial charge in [0.15, 0.2) is 0 Å². The lowest BCUT2D eigenvalue weighted by atomic mass is 10.1. The summed E-state index contributed by atoms with van der Waals surface area (Å²) in [4.78, 5) is 6.68. The first-order valence-electron chi connectivity index (χ1n) is 5.71. The minimum absolute atomic E-state index is 0.864. The molecule has 0 aliphatic carbocycles. The fourth-order valence-electron chi connectivity index (χ4n) is 2.14. The molecule has 1 fully saturated rings. The molecule has 2 heterocycles. The Morgan fingerprint density at radius 2 is 2.40 bits per heavy atom. The van der Waals surface area contributed by atoms with Gasteiger partial charge in [0.05, 0.1) is 23.8 Å². The van der Waals surface area contributed by atoms with Crippen molar-refractivity contribution in [3.63, 3.8) is 0 Å². The Bertz CT molecular complexity index is 324. The number of pyridine rings is 1. The van der Waals surface area contributed by atoms with Crippen LogP contribution in [-0.4, -0.2) is 25.1 Å². The van der Waals surface area contributed by atoms with Crippen molar-refractivity contribution in [2.24, 2.45) is 5.92 Å². The second-order valence-electron chi connectivity index (χ2n) is 4.19. The van der Waals surface area contributed by atoms with Crippen LogP contribution in [0.2, 0.25) is 0 Å². The Balaban J connectivity index is 2.09. The third kappa shape index (κ3) is 2.22. The fraction of sp³-hybridized carbons (Fsp3) is 0.583. The molecule has 3 heteroatoms. The molecule has 1 saturated heterocycles. The third-order valence-electron chi connectivity index (χ3n) is 3.24. The van der Waals surface area contributed by atoms with Gasteiger partial charge in [0.25, 0.3) is 0 Å². The highest BCUT2D eigenvalue weighted by Gasteiger charge is 2.21. The summed E-state index contributed by atoms with van der Waals surface area (Å²) in [6.45, 7) is 4.63. The van der Waals surface area contributed by atoms with E-state index >= 15 is 0 Å². The van der Waals surface area contributed by atoms with Gasteiger partial charge in [-0.3, -0.25) is 4.98 Å². The Morgan fingerprint density at radius 3 is 3.07 bits per heavy atom. The number of rotatable bonds is 3. The van der Waals surface area contributed by atoms with E-state index in [1.807, 2.05) is 19.4 Å². The second-order valence-corrected chi connectivity index (χ2v) is 4.19. The molecular weight excluding hydrogens is 186 g/mol. The normalized spacial score (nSPS) is 20.7. The molecule has 0 bridgehead atoms. The lowest BCUT2D eigenvalue weighted by Gasteiger charge is -2.18. The van der Waals surface area contributed by atoms with Crippen LogP contribution >= 0.6 is 0 Å². The van der Waals surface area contributed by atoms with E-state index in [1.54, 1.807) is 0 Å². The summed E-state index contributed by atoms with van der Waals surface area (Å²) < 4.78 is 0. The standard InChI is InChI=1S/C12H19N3/c1-3-10-4-5-15(9-10)12-6-11(13-2)7-14-8-12/h6-8,10,13H,3-5,9H2,1-2H3. The predicted molar refractivity (Wildman–Crippen MR) is 64.4 cm³/mol. The molecular formula is C12H19N3. The van der Waals surface area contributed by atoms with Crippen LogP contribution in [0, 0.1) is 5.92 Å². The molecule has 0 spiro atoms. The number of hydrogen-bond acceptors (Lipinski definition) is 3. The van der Waals surface area contributed by atoms with E-state index in [0.29, 0.717) is 0 Å². The highest BCUT2D eigenvalue weighted by molar-refractivity contribution is 5.55. The SMILES string of the molecule is CCC1CCN(c2cncc(NC)c2)C1. The van der Waals surface area contributed by atoms with Crippen molar-refractivity contribution in [2.45, 2.75) is 19.8 Å². The Morgan fingerprint density at radius 1 is 1.53 bits per heavy atom. The molecule has 1 aromatic heterocycles. The van der Waals surface area contributed by atoms with Crippen LogP contribution < -0.4 is 10.2 Å². The van der Waals surface area contributed by atoms with Gasteiger partial charge in [-0.15, -0.1) is 0 Å². The van der Waals surface area contributed by atoms with Gasteiger partial charge in [0.1, 0.15) is 0 Å². The average Bonchev–Trinajstić information content (AvgIpc) is 2.78. The maximum Gasteiger partial charge on any atom is 0.0573 e. The molecule has 1 aromatic rings. The quantitative estimate of drug-likeness (QED) is 0.821. The predicted octanol–water partition coefficient (Wildman–Crippen LogP) is 2.36. The van der Waals surface area contributed by atoms with Crippen molar-refractivity contribution in [1.29, 1.82) is 0 Å². The molecule has 1 aliphatic rings. The van der Waals surface area contributed by atoms with Crippen LogP contribution in [0.3, 0.4) is 0 Å². The van der Waals surface area contributed by atoms with Crippen LogP contribution in [0.15, 0.2) is 18.5 Å². The molecule has 2 rings (SSSR count). The van der Waals surface area contributed by atoms with Gasteiger partial charge in [-0.25, -0.2) is 0 Å². The van der Waals surface area contributed by atoms with Gasteiger partial charge in [-0.05, 0) is 18.4 Å². The highest BCUT2D eigenvalue weighted by Crippen LogP contribution is 2.26. The molecule has 0 radical (unpaired) electrons. The number of hydrogen-bond donors (Lipinski definition) is 1. The Hall–Kier alpha value is -1.25. The Labute approximate surface area is 91.5 Å². The van der Waals surface area contributed by atoms with Gasteiger partial charge >= 0.3 is 0 Å². The van der Waals surface area contributed by atoms with E-state index in [4.69, 9.17) is 0 Å². The van der Waals surface area contributed by atoms with E-state index < -0.39 is 0 Å². The molecule has 3 nitrogen and oxygen atoms in total. The number of nitrogens with one attached hydrogen (secondary N) is 1. The van der Waals surface area contributed by atoms with Gasteiger partial charge in [0.2, 0.25) is 0 Å². The van der Waals surface area contributed by atoms with Gasteiger partial charge < -0.3 is 10.2 Å². The number of nitrogens with zero attached hydrogens (tertiary/aromatic N) is 2. The minimum atomic E-state index is 0.864. The summed E-state index contributed by atoms with van der Waals surface area (Å²) in [6, 6.07) is 2.17. The Kier molecular flexibility index (Phi) is 3.09. The maximum absolute atomic E-state index is 4.25. The first-order chi connectivity index (χ1) is 7.33. The maximum atomic E-state index is 4.25. The molecule has 0 saturated carbocycles. The fourth-order valence-corrected chi connectivity index (χ4v) is 2.14. The number of anilines is 2. The van der Waals surface area contributed by atoms with Crippen LogP contribution in [0.5, 0.6) is 0 Å². The molecule has 0 amide bonds. The average molecular weight is 205 g/mol. The van der Waals surface area contributed by atoms with E-state index in [-0.39, 0.29) is 0 Å². The lowest BCUT2D eigenvalue weighted by molar-refractivity contribution is 0.569. The summed E-state index contributed by atoms with van der Waals surface area (Å²) in [5.74, 6) is 0.864. The number of aromatic nitrogens is 1. The van der Waals surface area contributed by atoms with Gasteiger partial charge in [-0.1, -0.05) is 13.3 Å². The van der Waals surface area contributed by atoms with E-state index in [9.17, 15) is 0 Å².